The lowest BCUT2D eigenvalue weighted by atomic mass is 10.1. The van der Waals surface area contributed by atoms with Gasteiger partial charge in [-0.15, -0.1) is 0 Å². The van der Waals surface area contributed by atoms with E-state index in [9.17, 15) is 9.59 Å². The standard InChI is InChI=1S/C17H16N4O4/c1-9-11-13(18)12(16(22)24-2)14(17(23)25-3)19-15(11)21(20-9)10-7-5-4-6-8-10/h4-8H,1-3H3,(H2,18,19). The summed E-state index contributed by atoms with van der Waals surface area (Å²) < 4.78 is 11.0. The molecule has 1 aromatic carbocycles. The smallest absolute Gasteiger partial charge is 0.357 e. The molecule has 0 amide bonds. The summed E-state index contributed by atoms with van der Waals surface area (Å²) in [5.41, 5.74) is 7.60. The quantitative estimate of drug-likeness (QED) is 0.725. The molecule has 0 bridgehead atoms. The number of carbonyl (C=O) groups is 2. The first-order valence-electron chi connectivity index (χ1n) is 7.40. The van der Waals surface area contributed by atoms with Crippen LogP contribution in [0.3, 0.4) is 0 Å². The van der Waals surface area contributed by atoms with E-state index < -0.39 is 11.9 Å². The number of aromatic nitrogens is 3. The maximum absolute atomic E-state index is 12.1. The zero-order valence-corrected chi connectivity index (χ0v) is 13.9. The third kappa shape index (κ3) is 2.57. The van der Waals surface area contributed by atoms with Gasteiger partial charge in [-0.2, -0.15) is 5.10 Å². The SMILES string of the molecule is COC(=O)c1nc2c(c(C)nn2-c2ccccc2)c(N)c1C(=O)OC. The highest BCUT2D eigenvalue weighted by Crippen LogP contribution is 2.31. The van der Waals surface area contributed by atoms with Crippen molar-refractivity contribution in [3.05, 3.63) is 47.3 Å². The molecule has 0 aliphatic rings. The second-order valence-electron chi connectivity index (χ2n) is 5.26. The number of nitrogen functional groups attached to an aromatic ring is 1. The summed E-state index contributed by atoms with van der Waals surface area (Å²) in [4.78, 5) is 28.6. The number of nitrogens with zero attached hydrogens (tertiary/aromatic N) is 3. The van der Waals surface area contributed by atoms with E-state index >= 15 is 0 Å². The van der Waals surface area contributed by atoms with E-state index in [0.29, 0.717) is 16.7 Å². The molecule has 0 saturated carbocycles. The first-order valence-corrected chi connectivity index (χ1v) is 7.40. The van der Waals surface area contributed by atoms with Crippen LogP contribution in [-0.4, -0.2) is 40.9 Å². The lowest BCUT2D eigenvalue weighted by Gasteiger charge is -2.10. The number of hydrogen-bond donors (Lipinski definition) is 1. The average molecular weight is 340 g/mol. The molecule has 0 radical (unpaired) electrons. The summed E-state index contributed by atoms with van der Waals surface area (Å²) in [6.07, 6.45) is 0. The first kappa shape index (κ1) is 16.4. The molecule has 0 spiro atoms. The molecule has 0 aliphatic heterocycles. The molecule has 0 atom stereocenters. The van der Waals surface area contributed by atoms with Crippen molar-refractivity contribution in [2.24, 2.45) is 0 Å². The summed E-state index contributed by atoms with van der Waals surface area (Å²) >= 11 is 0. The fourth-order valence-corrected chi connectivity index (χ4v) is 2.65. The van der Waals surface area contributed by atoms with Crippen molar-refractivity contribution in [1.82, 2.24) is 14.8 Å². The minimum Gasteiger partial charge on any atom is -0.465 e. The van der Waals surface area contributed by atoms with Crippen LogP contribution in [0.5, 0.6) is 0 Å². The Morgan fingerprint density at radius 2 is 1.72 bits per heavy atom. The van der Waals surface area contributed by atoms with Crippen LogP contribution in [0.2, 0.25) is 0 Å². The molecule has 0 unspecified atom stereocenters. The van der Waals surface area contributed by atoms with Crippen LogP contribution in [0.1, 0.15) is 26.5 Å². The van der Waals surface area contributed by atoms with Crippen molar-refractivity contribution in [3.63, 3.8) is 0 Å². The Hall–Kier alpha value is -3.42. The van der Waals surface area contributed by atoms with Gasteiger partial charge in [-0.3, -0.25) is 0 Å². The van der Waals surface area contributed by atoms with Crippen LogP contribution in [0.25, 0.3) is 16.7 Å². The van der Waals surface area contributed by atoms with Crippen LogP contribution >= 0.6 is 0 Å². The van der Waals surface area contributed by atoms with E-state index in [1.807, 2.05) is 30.3 Å². The average Bonchev–Trinajstić information content (AvgIpc) is 2.97. The number of carbonyl (C=O) groups excluding carboxylic acids is 2. The molecular formula is C17H16N4O4. The normalized spacial score (nSPS) is 10.7. The molecule has 2 N–H and O–H groups in total. The Morgan fingerprint density at radius 1 is 1.08 bits per heavy atom. The Kier molecular flexibility index (Phi) is 4.10. The molecule has 2 heterocycles. The number of ether oxygens (including phenoxy) is 2. The zero-order valence-electron chi connectivity index (χ0n) is 13.9. The molecule has 128 valence electrons. The zero-order chi connectivity index (χ0) is 18.1. The van der Waals surface area contributed by atoms with Gasteiger partial charge in [0.05, 0.1) is 36.7 Å². The molecule has 2 aromatic heterocycles. The van der Waals surface area contributed by atoms with Gasteiger partial charge in [-0.05, 0) is 19.1 Å². The van der Waals surface area contributed by atoms with Crippen LogP contribution in [0.4, 0.5) is 5.69 Å². The molecule has 8 heteroatoms. The monoisotopic (exact) mass is 340 g/mol. The number of hydrogen-bond acceptors (Lipinski definition) is 7. The van der Waals surface area contributed by atoms with E-state index in [2.05, 4.69) is 10.1 Å². The number of aryl methyl sites for hydroxylation is 1. The lowest BCUT2D eigenvalue weighted by Crippen LogP contribution is -2.17. The predicted molar refractivity (Wildman–Crippen MR) is 90.7 cm³/mol. The summed E-state index contributed by atoms with van der Waals surface area (Å²) in [5.74, 6) is -1.55. The van der Waals surface area contributed by atoms with Gasteiger partial charge in [0.2, 0.25) is 0 Å². The van der Waals surface area contributed by atoms with Gasteiger partial charge in [0.1, 0.15) is 5.56 Å². The molecule has 25 heavy (non-hydrogen) atoms. The first-order chi connectivity index (χ1) is 12.0. The van der Waals surface area contributed by atoms with E-state index in [4.69, 9.17) is 15.2 Å². The van der Waals surface area contributed by atoms with Crippen molar-refractivity contribution in [3.8, 4) is 5.69 Å². The second-order valence-corrected chi connectivity index (χ2v) is 5.26. The van der Waals surface area contributed by atoms with Crippen molar-refractivity contribution in [1.29, 1.82) is 0 Å². The lowest BCUT2D eigenvalue weighted by molar-refractivity contribution is 0.0551. The summed E-state index contributed by atoms with van der Waals surface area (Å²) in [6, 6.07) is 9.27. The van der Waals surface area contributed by atoms with Gasteiger partial charge in [0, 0.05) is 0 Å². The highest BCUT2D eigenvalue weighted by Gasteiger charge is 2.28. The molecule has 3 aromatic rings. The Bertz CT molecular complexity index is 979. The van der Waals surface area contributed by atoms with E-state index in [0.717, 1.165) is 5.69 Å². The third-order valence-corrected chi connectivity index (χ3v) is 3.80. The van der Waals surface area contributed by atoms with Crippen LogP contribution in [-0.2, 0) is 9.47 Å². The number of pyridine rings is 1. The van der Waals surface area contributed by atoms with Crippen molar-refractivity contribution in [2.75, 3.05) is 20.0 Å². The van der Waals surface area contributed by atoms with Gasteiger partial charge >= 0.3 is 11.9 Å². The molecule has 8 nitrogen and oxygen atoms in total. The molecule has 0 saturated heterocycles. The van der Waals surface area contributed by atoms with Crippen molar-refractivity contribution in [2.45, 2.75) is 6.92 Å². The number of rotatable bonds is 3. The maximum Gasteiger partial charge on any atom is 0.357 e. The highest BCUT2D eigenvalue weighted by molar-refractivity contribution is 6.11. The molecular weight excluding hydrogens is 324 g/mol. The topological polar surface area (TPSA) is 109 Å². The summed E-state index contributed by atoms with van der Waals surface area (Å²) in [7, 11) is 2.40. The summed E-state index contributed by atoms with van der Waals surface area (Å²) in [6.45, 7) is 1.75. The molecule has 0 aliphatic carbocycles. The summed E-state index contributed by atoms with van der Waals surface area (Å²) in [5, 5.41) is 4.93. The van der Waals surface area contributed by atoms with Crippen LogP contribution < -0.4 is 5.73 Å². The third-order valence-electron chi connectivity index (χ3n) is 3.80. The second kappa shape index (κ2) is 6.23. The van der Waals surface area contributed by atoms with Crippen LogP contribution in [0.15, 0.2) is 30.3 Å². The maximum atomic E-state index is 12.1. The Morgan fingerprint density at radius 3 is 2.32 bits per heavy atom. The number of para-hydroxylation sites is 1. The fourth-order valence-electron chi connectivity index (χ4n) is 2.65. The fraction of sp³-hybridized carbons (Fsp3) is 0.176. The number of benzene rings is 1. The van der Waals surface area contributed by atoms with Gasteiger partial charge in [-0.25, -0.2) is 19.3 Å². The van der Waals surface area contributed by atoms with Crippen molar-refractivity contribution >= 4 is 28.7 Å². The van der Waals surface area contributed by atoms with Gasteiger partial charge in [0.25, 0.3) is 0 Å². The minimum atomic E-state index is -0.785. The number of esters is 2. The number of methoxy groups -OCH3 is 2. The minimum absolute atomic E-state index is 0.0805. The van der Waals surface area contributed by atoms with E-state index in [1.54, 1.807) is 11.6 Å². The number of fused-ring (bicyclic) bond motifs is 1. The van der Waals surface area contributed by atoms with Gasteiger partial charge in [0.15, 0.2) is 11.3 Å². The highest BCUT2D eigenvalue weighted by atomic mass is 16.5. The number of nitrogens with two attached hydrogens (primary N) is 1. The van der Waals surface area contributed by atoms with E-state index in [-0.39, 0.29) is 16.9 Å². The number of anilines is 1. The Labute approximate surface area is 143 Å². The van der Waals surface area contributed by atoms with Gasteiger partial charge < -0.3 is 15.2 Å². The van der Waals surface area contributed by atoms with Crippen molar-refractivity contribution < 1.29 is 19.1 Å². The molecule has 0 fully saturated rings. The van der Waals surface area contributed by atoms with E-state index in [1.165, 1.54) is 14.2 Å². The molecule has 3 rings (SSSR count). The van der Waals surface area contributed by atoms with Gasteiger partial charge in [-0.1, -0.05) is 18.2 Å². The Balaban J connectivity index is 2.41. The van der Waals surface area contributed by atoms with Crippen LogP contribution in [0, 0.1) is 6.92 Å². The predicted octanol–water partition coefficient (Wildman–Crippen LogP) is 1.88. The largest absolute Gasteiger partial charge is 0.465 e.